The summed E-state index contributed by atoms with van der Waals surface area (Å²) in [5.41, 5.74) is 0. The van der Waals surface area contributed by atoms with Crippen LogP contribution in [0.5, 0.6) is 0 Å². The van der Waals surface area contributed by atoms with Gasteiger partial charge in [-0.25, -0.2) is 9.65 Å². The fourth-order valence-electron chi connectivity index (χ4n) is 2.65. The highest BCUT2D eigenvalue weighted by Crippen LogP contribution is 2.46. The third kappa shape index (κ3) is 8.30. The maximum Gasteiger partial charge on any atom is 0.697 e. The molecule has 2 rings (SSSR count). The van der Waals surface area contributed by atoms with Crippen LogP contribution in [0.25, 0.3) is 0 Å². The Morgan fingerprint density at radius 2 is 2.03 bits per heavy atom. The highest BCUT2D eigenvalue weighted by molar-refractivity contribution is 7.51. The van der Waals surface area contributed by atoms with Gasteiger partial charge in [0, 0.05) is 23.2 Å². The van der Waals surface area contributed by atoms with Crippen LogP contribution in [0.4, 0.5) is 0 Å². The molecule has 0 aromatic heterocycles. The summed E-state index contributed by atoms with van der Waals surface area (Å²) >= 11 is 0. The first-order valence-corrected chi connectivity index (χ1v) is 11.7. The summed E-state index contributed by atoms with van der Waals surface area (Å²) in [5.74, 6) is 0. The molecular weight excluding hydrogens is 423 g/mol. The van der Waals surface area contributed by atoms with Crippen LogP contribution in [0.2, 0.25) is 0 Å². The zero-order valence-corrected chi connectivity index (χ0v) is 17.7. The molecule has 2 aliphatic rings. The molecule has 2 N–H and O–H groups in total. The summed E-state index contributed by atoms with van der Waals surface area (Å²) in [4.78, 5) is 0. The van der Waals surface area contributed by atoms with Crippen molar-refractivity contribution >= 4 is 23.8 Å². The van der Waals surface area contributed by atoms with E-state index in [0.717, 1.165) is 0 Å². The van der Waals surface area contributed by atoms with Crippen molar-refractivity contribution in [1.82, 2.24) is 5.09 Å². The van der Waals surface area contributed by atoms with Gasteiger partial charge in [0.15, 0.2) is 0 Å². The van der Waals surface area contributed by atoms with E-state index in [-0.39, 0.29) is 39.3 Å². The van der Waals surface area contributed by atoms with Crippen molar-refractivity contribution in [2.24, 2.45) is 0 Å². The molecular formula is C16H27BNO9P2+. The molecule has 0 aliphatic carbocycles. The Morgan fingerprint density at radius 3 is 2.69 bits per heavy atom. The van der Waals surface area contributed by atoms with Crippen molar-refractivity contribution in [1.29, 1.82) is 0 Å². The first kappa shape index (κ1) is 23.2. The highest BCUT2D eigenvalue weighted by atomic mass is 31.2. The third-order valence-electron chi connectivity index (χ3n) is 4.06. The lowest BCUT2D eigenvalue weighted by Crippen LogP contribution is -2.38. The molecule has 162 valence electrons. The van der Waals surface area contributed by atoms with E-state index < -0.39 is 52.9 Å². The van der Waals surface area contributed by atoms with Gasteiger partial charge in [-0.15, -0.1) is 22.2 Å². The van der Waals surface area contributed by atoms with Crippen molar-refractivity contribution in [3.05, 3.63) is 25.3 Å². The van der Waals surface area contributed by atoms with E-state index in [1.807, 2.05) is 0 Å². The van der Waals surface area contributed by atoms with Gasteiger partial charge in [-0.2, -0.15) is 0 Å². The number of aliphatic hydroxyl groups is 1. The average molecular weight is 452 g/mol. The standard InChI is InChI=1S/C16H27BNO9P2/c1-3-6-23-28(20)24-10-14-12(5-8-22-14)18-29(21,25-7-4-2)26-11-15-13(19)9-16(17)27-15/h3-4,12-16,19H,1-2,5-11H2,(H,18,21)/q+1/t12-,13-,14-,15-,16-,29?/m1/s1/i8T/t8-,12+,13+,14+,15+,16+,29?/m0. The first-order chi connectivity index (χ1) is 14.3. The Bertz CT molecular complexity index is 646. The van der Waals surface area contributed by atoms with Crippen LogP contribution >= 0.6 is 16.0 Å². The maximum absolute atomic E-state index is 13.2. The van der Waals surface area contributed by atoms with Crippen LogP contribution in [0.3, 0.4) is 0 Å². The number of ether oxygens (including phenoxy) is 2. The smallest absolute Gasteiger partial charge is 0.390 e. The number of aliphatic hydroxyl groups excluding tert-OH is 1. The molecule has 13 heteroatoms. The molecule has 2 saturated heterocycles. The maximum atomic E-state index is 13.2. The predicted octanol–water partition coefficient (Wildman–Crippen LogP) is 1.58. The molecule has 10 nitrogen and oxygen atoms in total. The summed E-state index contributed by atoms with van der Waals surface area (Å²) in [5, 5.41) is 12.7. The Hall–Kier alpha value is -0.445. The van der Waals surface area contributed by atoms with Gasteiger partial charge in [0.25, 0.3) is 0 Å². The second-order valence-electron chi connectivity index (χ2n) is 6.31. The summed E-state index contributed by atoms with van der Waals surface area (Å²) in [6, 6.07) is -1.28. The van der Waals surface area contributed by atoms with Gasteiger partial charge in [-0.05, 0) is 12.8 Å². The minimum Gasteiger partial charge on any atom is -0.390 e. The second kappa shape index (κ2) is 12.4. The summed E-state index contributed by atoms with van der Waals surface area (Å²) in [6.07, 6.45) is 0.873. The van der Waals surface area contributed by atoms with Gasteiger partial charge in [0.05, 0.1) is 20.7 Å². The van der Waals surface area contributed by atoms with Gasteiger partial charge < -0.3 is 14.6 Å². The fraction of sp³-hybridized carbons (Fsp3) is 0.750. The van der Waals surface area contributed by atoms with Crippen LogP contribution < -0.4 is 5.09 Å². The highest BCUT2D eigenvalue weighted by Gasteiger charge is 2.40. The quantitative estimate of drug-likeness (QED) is 0.228. The molecule has 0 aromatic carbocycles. The zero-order valence-electron chi connectivity index (χ0n) is 17.0. The Labute approximate surface area is 174 Å². The first-order valence-electron chi connectivity index (χ1n) is 9.62. The molecule has 0 saturated carbocycles. The van der Waals surface area contributed by atoms with Crippen molar-refractivity contribution in [2.75, 3.05) is 33.0 Å². The van der Waals surface area contributed by atoms with Gasteiger partial charge >= 0.3 is 16.0 Å². The van der Waals surface area contributed by atoms with E-state index >= 15 is 0 Å². The third-order valence-corrected chi connectivity index (χ3v) is 6.41. The second-order valence-corrected chi connectivity index (χ2v) is 9.04. The van der Waals surface area contributed by atoms with Crippen LogP contribution in [0.1, 0.15) is 14.2 Å². The summed E-state index contributed by atoms with van der Waals surface area (Å²) in [7, 11) is -0.663. The summed E-state index contributed by atoms with van der Waals surface area (Å²) in [6.45, 7) is 5.65. The Kier molecular flexibility index (Phi) is 9.95. The van der Waals surface area contributed by atoms with Crippen LogP contribution in [0, 0.1) is 0 Å². The minimum atomic E-state index is -3.90. The molecule has 0 bridgehead atoms. The molecule has 0 amide bonds. The lowest BCUT2D eigenvalue weighted by Gasteiger charge is -2.26. The van der Waals surface area contributed by atoms with Crippen LogP contribution in [-0.2, 0) is 36.7 Å². The lowest BCUT2D eigenvalue weighted by molar-refractivity contribution is -0.00258. The van der Waals surface area contributed by atoms with E-state index in [1.165, 1.54) is 12.2 Å². The Morgan fingerprint density at radius 1 is 1.28 bits per heavy atom. The fourth-order valence-corrected chi connectivity index (χ4v) is 4.77. The summed E-state index contributed by atoms with van der Waals surface area (Å²) < 4.78 is 64.1. The van der Waals surface area contributed by atoms with Gasteiger partial charge in [-0.1, -0.05) is 12.2 Å². The largest absolute Gasteiger partial charge is 0.697 e. The van der Waals surface area contributed by atoms with E-state index in [1.54, 1.807) is 0 Å². The molecule has 2 fully saturated rings. The van der Waals surface area contributed by atoms with E-state index in [0.29, 0.717) is 0 Å². The SMILES string of the molecule is [3H][C@H]1C[C@@H](NP(=O)(OCC=C)OC[C@H]2O[C@@H]([B])C[C@H]2O)[C@@H](CO[P+](=O)OCC=C)O1. The molecule has 2 aliphatic heterocycles. The zero-order chi connectivity index (χ0) is 22.1. The molecule has 29 heavy (non-hydrogen) atoms. The van der Waals surface area contributed by atoms with Crippen LogP contribution in [0.15, 0.2) is 25.3 Å². The van der Waals surface area contributed by atoms with Gasteiger partial charge in [0.2, 0.25) is 0 Å². The minimum absolute atomic E-state index is 0.0562. The predicted molar refractivity (Wildman–Crippen MR) is 106 cm³/mol. The van der Waals surface area contributed by atoms with E-state index in [4.69, 9.17) is 36.8 Å². The van der Waals surface area contributed by atoms with E-state index in [2.05, 4.69) is 18.2 Å². The number of rotatable bonds is 14. The van der Waals surface area contributed by atoms with Crippen molar-refractivity contribution < 1.29 is 43.2 Å². The van der Waals surface area contributed by atoms with Crippen LogP contribution in [-0.4, -0.2) is 76.3 Å². The number of nitrogens with one attached hydrogen (secondary N) is 1. The van der Waals surface area contributed by atoms with Crippen molar-refractivity contribution in [2.45, 2.75) is 43.2 Å². The Balaban J connectivity index is 1.96. The topological polar surface area (TPSA) is 122 Å². The molecule has 2 heterocycles. The molecule has 0 aromatic rings. The monoisotopic (exact) mass is 452 g/mol. The van der Waals surface area contributed by atoms with E-state index in [9.17, 15) is 14.2 Å². The van der Waals surface area contributed by atoms with Crippen molar-refractivity contribution in [3.63, 3.8) is 0 Å². The molecule has 0 spiro atoms. The lowest BCUT2D eigenvalue weighted by atomic mass is 9.96. The molecule has 2 radical (unpaired) electrons. The normalized spacial score (nSPS) is 35.1. The number of hydrogen-bond donors (Lipinski definition) is 2. The molecule has 2 unspecified atom stereocenters. The number of hydrogen-bond acceptors (Lipinski definition) is 9. The molecule has 8 atom stereocenters. The average Bonchev–Trinajstić information content (AvgIpc) is 3.21. The van der Waals surface area contributed by atoms with Gasteiger partial charge in [-0.3, -0.25) is 9.05 Å². The van der Waals surface area contributed by atoms with Crippen molar-refractivity contribution in [3.8, 4) is 0 Å². The van der Waals surface area contributed by atoms with Gasteiger partial charge in [0.1, 0.15) is 33.3 Å².